The van der Waals surface area contributed by atoms with Gasteiger partial charge in [0, 0.05) is 0 Å². The van der Waals surface area contributed by atoms with Gasteiger partial charge in [0.25, 0.3) is 5.91 Å². The lowest BCUT2D eigenvalue weighted by Crippen LogP contribution is -2.40. The molecule has 0 heterocycles. The maximum Gasteiger partial charge on any atom is 0.326 e. The Balaban J connectivity index is 2.08. The van der Waals surface area contributed by atoms with Crippen molar-refractivity contribution in [3.63, 3.8) is 0 Å². The zero-order valence-corrected chi connectivity index (χ0v) is 14.2. The zero-order chi connectivity index (χ0) is 17.8. The molecule has 0 fully saturated rings. The Hall–Kier alpha value is -2.88. The Bertz CT molecular complexity index is 879. The van der Waals surface area contributed by atoms with E-state index >= 15 is 0 Å². The second-order valence-electron chi connectivity index (χ2n) is 6.20. The average Bonchev–Trinajstić information content (AvgIpc) is 2.62. The van der Waals surface area contributed by atoms with Gasteiger partial charge in [-0.15, -0.1) is 0 Å². The standard InChI is InChI=1S/C21H21NO3/c1-2-3-12-18(21(24)25)22-20(23)19-16-10-6-4-8-14(16)13-15-9-5-7-11-17(15)19/h4-11,13,18H,2-3,12H2,1H3,(H,22,23)(H,24,25)/t18-/m1/s1. The molecule has 0 aliphatic carbocycles. The van der Waals surface area contributed by atoms with Crippen LogP contribution >= 0.6 is 0 Å². The van der Waals surface area contributed by atoms with Gasteiger partial charge < -0.3 is 10.4 Å². The number of unbranched alkanes of at least 4 members (excludes halogenated alkanes) is 1. The van der Waals surface area contributed by atoms with Gasteiger partial charge in [0.15, 0.2) is 0 Å². The number of hydrogen-bond acceptors (Lipinski definition) is 2. The number of carbonyl (C=O) groups excluding carboxylic acids is 1. The first-order valence-electron chi connectivity index (χ1n) is 8.56. The van der Waals surface area contributed by atoms with Crippen LogP contribution in [0.1, 0.15) is 36.5 Å². The van der Waals surface area contributed by atoms with E-state index in [2.05, 4.69) is 5.32 Å². The number of aliphatic carboxylic acids is 1. The largest absolute Gasteiger partial charge is 0.480 e. The summed E-state index contributed by atoms with van der Waals surface area (Å²) in [6.45, 7) is 2.00. The van der Waals surface area contributed by atoms with Crippen molar-refractivity contribution in [2.75, 3.05) is 0 Å². The Labute approximate surface area is 146 Å². The van der Waals surface area contributed by atoms with E-state index in [1.807, 2.05) is 61.5 Å². The van der Waals surface area contributed by atoms with E-state index in [-0.39, 0.29) is 5.91 Å². The van der Waals surface area contributed by atoms with Crippen molar-refractivity contribution in [3.05, 3.63) is 60.2 Å². The molecular weight excluding hydrogens is 314 g/mol. The summed E-state index contributed by atoms with van der Waals surface area (Å²) in [7, 11) is 0. The van der Waals surface area contributed by atoms with E-state index < -0.39 is 12.0 Å². The summed E-state index contributed by atoms with van der Waals surface area (Å²) < 4.78 is 0. The maximum absolute atomic E-state index is 13.0. The lowest BCUT2D eigenvalue weighted by atomic mass is 9.96. The predicted octanol–water partition coefficient (Wildman–Crippen LogP) is 4.37. The summed E-state index contributed by atoms with van der Waals surface area (Å²) in [6.07, 6.45) is 2.07. The number of amides is 1. The third-order valence-corrected chi connectivity index (χ3v) is 4.45. The lowest BCUT2D eigenvalue weighted by Gasteiger charge is -2.16. The molecule has 4 heteroatoms. The summed E-state index contributed by atoms with van der Waals surface area (Å²) in [5, 5.41) is 15.7. The van der Waals surface area contributed by atoms with Crippen molar-refractivity contribution in [3.8, 4) is 0 Å². The second kappa shape index (κ2) is 7.34. The van der Waals surface area contributed by atoms with Crippen LogP contribution in [-0.4, -0.2) is 23.0 Å². The van der Waals surface area contributed by atoms with Gasteiger partial charge in [-0.1, -0.05) is 68.3 Å². The number of carbonyl (C=O) groups is 2. The number of fused-ring (bicyclic) bond motifs is 2. The molecule has 0 radical (unpaired) electrons. The fraction of sp³-hybridized carbons (Fsp3) is 0.238. The number of hydrogen-bond donors (Lipinski definition) is 2. The van der Waals surface area contributed by atoms with E-state index in [9.17, 15) is 14.7 Å². The van der Waals surface area contributed by atoms with E-state index in [0.29, 0.717) is 12.0 Å². The van der Waals surface area contributed by atoms with Crippen molar-refractivity contribution in [1.82, 2.24) is 5.32 Å². The molecule has 0 bridgehead atoms. The molecule has 0 saturated heterocycles. The molecule has 3 rings (SSSR count). The third kappa shape index (κ3) is 3.48. The Kier molecular flexibility index (Phi) is 4.98. The highest BCUT2D eigenvalue weighted by Crippen LogP contribution is 2.28. The van der Waals surface area contributed by atoms with Crippen molar-refractivity contribution in [1.29, 1.82) is 0 Å². The minimum Gasteiger partial charge on any atom is -0.480 e. The number of benzene rings is 3. The first kappa shape index (κ1) is 17.0. The molecule has 3 aromatic rings. The van der Waals surface area contributed by atoms with Gasteiger partial charge in [-0.2, -0.15) is 0 Å². The van der Waals surface area contributed by atoms with Crippen LogP contribution < -0.4 is 5.32 Å². The summed E-state index contributed by atoms with van der Waals surface area (Å²) in [4.78, 5) is 24.5. The molecule has 1 atom stereocenters. The Morgan fingerprint density at radius 1 is 1.00 bits per heavy atom. The number of rotatable bonds is 6. The van der Waals surface area contributed by atoms with Crippen LogP contribution in [0.15, 0.2) is 54.6 Å². The minimum absolute atomic E-state index is 0.337. The second-order valence-corrected chi connectivity index (χ2v) is 6.20. The van der Waals surface area contributed by atoms with Gasteiger partial charge in [0.2, 0.25) is 0 Å². The number of carboxylic acid groups (broad SMARTS) is 1. The molecule has 1 amide bonds. The first-order valence-corrected chi connectivity index (χ1v) is 8.56. The zero-order valence-electron chi connectivity index (χ0n) is 14.2. The molecule has 0 spiro atoms. The monoisotopic (exact) mass is 335 g/mol. The lowest BCUT2D eigenvalue weighted by molar-refractivity contribution is -0.139. The highest BCUT2D eigenvalue weighted by atomic mass is 16.4. The topological polar surface area (TPSA) is 66.4 Å². The fourth-order valence-electron chi connectivity index (χ4n) is 3.15. The Morgan fingerprint density at radius 3 is 2.08 bits per heavy atom. The predicted molar refractivity (Wildman–Crippen MR) is 99.9 cm³/mol. The van der Waals surface area contributed by atoms with Gasteiger partial charge in [0.1, 0.15) is 6.04 Å². The van der Waals surface area contributed by atoms with Gasteiger partial charge in [-0.25, -0.2) is 4.79 Å². The van der Waals surface area contributed by atoms with Crippen LogP contribution in [0.5, 0.6) is 0 Å². The van der Waals surface area contributed by atoms with Gasteiger partial charge in [0.05, 0.1) is 5.56 Å². The summed E-state index contributed by atoms with van der Waals surface area (Å²) in [5.74, 6) is -1.33. The van der Waals surface area contributed by atoms with Crippen molar-refractivity contribution in [2.45, 2.75) is 32.2 Å². The molecule has 0 saturated carbocycles. The number of carboxylic acids is 1. The molecule has 0 aliphatic rings. The number of nitrogens with one attached hydrogen (secondary N) is 1. The Morgan fingerprint density at radius 2 is 1.56 bits per heavy atom. The van der Waals surface area contributed by atoms with Crippen LogP contribution in [0.25, 0.3) is 21.5 Å². The summed E-state index contributed by atoms with van der Waals surface area (Å²) in [5.41, 5.74) is 0.538. The average molecular weight is 335 g/mol. The minimum atomic E-state index is -0.994. The van der Waals surface area contributed by atoms with Crippen LogP contribution in [0.2, 0.25) is 0 Å². The summed E-state index contributed by atoms with van der Waals surface area (Å²) in [6, 6.07) is 16.5. The van der Waals surface area contributed by atoms with E-state index in [1.165, 1.54) is 0 Å². The molecule has 128 valence electrons. The molecule has 0 unspecified atom stereocenters. The van der Waals surface area contributed by atoms with Crippen molar-refractivity contribution >= 4 is 33.4 Å². The van der Waals surface area contributed by atoms with Crippen molar-refractivity contribution < 1.29 is 14.7 Å². The molecule has 0 aromatic heterocycles. The molecular formula is C21H21NO3. The van der Waals surface area contributed by atoms with Crippen molar-refractivity contribution in [2.24, 2.45) is 0 Å². The molecule has 2 N–H and O–H groups in total. The van der Waals surface area contributed by atoms with Gasteiger partial charge in [-0.3, -0.25) is 4.79 Å². The van der Waals surface area contributed by atoms with E-state index in [0.717, 1.165) is 34.4 Å². The molecule has 3 aromatic carbocycles. The highest BCUT2D eigenvalue weighted by Gasteiger charge is 2.22. The van der Waals surface area contributed by atoms with E-state index in [1.54, 1.807) is 0 Å². The van der Waals surface area contributed by atoms with Crippen LogP contribution in [0.4, 0.5) is 0 Å². The van der Waals surface area contributed by atoms with Crippen LogP contribution in [0.3, 0.4) is 0 Å². The SMILES string of the molecule is CCCC[C@@H](NC(=O)c1c2ccccc2cc2ccccc12)C(=O)O. The first-order chi connectivity index (χ1) is 12.1. The normalized spacial score (nSPS) is 12.2. The van der Waals surface area contributed by atoms with Gasteiger partial charge >= 0.3 is 5.97 Å². The third-order valence-electron chi connectivity index (χ3n) is 4.45. The maximum atomic E-state index is 13.0. The highest BCUT2D eigenvalue weighted by molar-refractivity contribution is 6.18. The van der Waals surface area contributed by atoms with E-state index in [4.69, 9.17) is 0 Å². The smallest absolute Gasteiger partial charge is 0.326 e. The van der Waals surface area contributed by atoms with Crippen LogP contribution in [-0.2, 0) is 4.79 Å². The summed E-state index contributed by atoms with van der Waals surface area (Å²) >= 11 is 0. The molecule has 4 nitrogen and oxygen atoms in total. The molecule has 25 heavy (non-hydrogen) atoms. The van der Waals surface area contributed by atoms with Gasteiger partial charge in [-0.05, 0) is 34.0 Å². The quantitative estimate of drug-likeness (QED) is 0.658. The molecule has 0 aliphatic heterocycles. The van der Waals surface area contributed by atoms with Crippen LogP contribution in [0, 0.1) is 0 Å². The fourth-order valence-corrected chi connectivity index (χ4v) is 3.15.